The van der Waals surface area contributed by atoms with Crippen LogP contribution >= 0.6 is 11.3 Å². The maximum Gasteiger partial charge on any atom is 0.242 e. The fourth-order valence-electron chi connectivity index (χ4n) is 3.02. The summed E-state index contributed by atoms with van der Waals surface area (Å²) in [6, 6.07) is 4.02. The summed E-state index contributed by atoms with van der Waals surface area (Å²) in [5, 5.41) is 13.2. The van der Waals surface area contributed by atoms with Gasteiger partial charge in [0.05, 0.1) is 11.8 Å². The summed E-state index contributed by atoms with van der Waals surface area (Å²) in [7, 11) is 0. The second-order valence-electron chi connectivity index (χ2n) is 7.10. The van der Waals surface area contributed by atoms with Crippen LogP contribution in [-0.4, -0.2) is 38.8 Å². The summed E-state index contributed by atoms with van der Waals surface area (Å²) >= 11 is 1.57. The number of hydrogen-bond acceptors (Lipinski definition) is 7. The smallest absolute Gasteiger partial charge is 0.242 e. The minimum absolute atomic E-state index is 0.120. The number of nitrogens with one attached hydrogen (secondary N) is 1. The average molecular weight is 370 g/mol. The molecular weight excluding hydrogens is 348 g/mol. The highest BCUT2D eigenvalue weighted by Gasteiger charge is 2.36. The molecule has 0 radical (unpaired) electrons. The van der Waals surface area contributed by atoms with E-state index in [2.05, 4.69) is 26.3 Å². The SMILES string of the molecule is Cc1nc(Nc2ncc(C)s2)cc(C2CCN(C(=O)C(C)(C)C#N)C2)n1. The fraction of sp³-hybridized carbons (Fsp3) is 0.500. The third-order valence-electron chi connectivity index (χ3n) is 4.42. The van der Waals surface area contributed by atoms with E-state index >= 15 is 0 Å². The third-order valence-corrected chi connectivity index (χ3v) is 5.25. The van der Waals surface area contributed by atoms with Crippen molar-refractivity contribution in [2.75, 3.05) is 18.4 Å². The number of hydrogen-bond donors (Lipinski definition) is 1. The maximum atomic E-state index is 12.5. The normalized spacial score (nSPS) is 17.2. The Morgan fingerprint density at radius 2 is 2.19 bits per heavy atom. The molecule has 1 aliphatic rings. The molecule has 0 spiro atoms. The van der Waals surface area contributed by atoms with Crippen molar-refractivity contribution in [2.24, 2.45) is 5.41 Å². The molecular formula is C18H22N6OS. The van der Waals surface area contributed by atoms with Crippen LogP contribution in [0, 0.1) is 30.6 Å². The largest absolute Gasteiger partial charge is 0.341 e. The minimum Gasteiger partial charge on any atom is -0.341 e. The zero-order chi connectivity index (χ0) is 18.9. The van der Waals surface area contributed by atoms with E-state index in [0.29, 0.717) is 24.7 Å². The molecule has 1 aliphatic heterocycles. The van der Waals surface area contributed by atoms with Gasteiger partial charge in [0.25, 0.3) is 0 Å². The Balaban J connectivity index is 1.76. The second-order valence-corrected chi connectivity index (χ2v) is 8.33. The zero-order valence-electron chi connectivity index (χ0n) is 15.4. The van der Waals surface area contributed by atoms with Crippen molar-refractivity contribution in [3.05, 3.63) is 28.7 Å². The van der Waals surface area contributed by atoms with Crippen molar-refractivity contribution in [1.82, 2.24) is 19.9 Å². The quantitative estimate of drug-likeness (QED) is 0.888. The third kappa shape index (κ3) is 3.83. The van der Waals surface area contributed by atoms with E-state index < -0.39 is 5.41 Å². The van der Waals surface area contributed by atoms with Crippen LogP contribution in [0.4, 0.5) is 10.9 Å². The number of amides is 1. The highest BCUT2D eigenvalue weighted by atomic mass is 32.1. The highest BCUT2D eigenvalue weighted by molar-refractivity contribution is 7.15. The van der Waals surface area contributed by atoms with Crippen LogP contribution in [-0.2, 0) is 4.79 Å². The fourth-order valence-corrected chi connectivity index (χ4v) is 3.69. The molecule has 0 aliphatic carbocycles. The lowest BCUT2D eigenvalue weighted by molar-refractivity contribution is -0.136. The molecule has 0 aromatic carbocycles. The summed E-state index contributed by atoms with van der Waals surface area (Å²) in [6.07, 6.45) is 2.65. The predicted octanol–water partition coefficient (Wildman–Crippen LogP) is 3.16. The van der Waals surface area contributed by atoms with Crippen LogP contribution in [0.5, 0.6) is 0 Å². The molecule has 1 fully saturated rings. The van der Waals surface area contributed by atoms with Gasteiger partial charge in [-0.2, -0.15) is 5.26 Å². The Morgan fingerprint density at radius 1 is 1.42 bits per heavy atom. The maximum absolute atomic E-state index is 12.5. The van der Waals surface area contributed by atoms with Gasteiger partial charge in [0.15, 0.2) is 5.13 Å². The van der Waals surface area contributed by atoms with Gasteiger partial charge in [-0.1, -0.05) is 0 Å². The number of anilines is 2. The molecule has 1 amide bonds. The van der Waals surface area contributed by atoms with Crippen LogP contribution in [0.15, 0.2) is 12.3 Å². The topological polar surface area (TPSA) is 94.8 Å². The lowest BCUT2D eigenvalue weighted by atomic mass is 9.94. The van der Waals surface area contributed by atoms with E-state index in [4.69, 9.17) is 0 Å². The summed E-state index contributed by atoms with van der Waals surface area (Å²) in [5.41, 5.74) is -0.0790. The van der Waals surface area contributed by atoms with Gasteiger partial charge in [0.2, 0.25) is 5.91 Å². The summed E-state index contributed by atoms with van der Waals surface area (Å²) in [6.45, 7) is 8.41. The first-order chi connectivity index (χ1) is 12.3. The van der Waals surface area contributed by atoms with Crippen LogP contribution < -0.4 is 5.32 Å². The van der Waals surface area contributed by atoms with Crippen molar-refractivity contribution in [3.63, 3.8) is 0 Å². The van der Waals surface area contributed by atoms with Crippen molar-refractivity contribution >= 4 is 28.2 Å². The first kappa shape index (κ1) is 18.3. The van der Waals surface area contributed by atoms with E-state index in [1.807, 2.05) is 26.1 Å². The number of aromatic nitrogens is 3. The van der Waals surface area contributed by atoms with Gasteiger partial charge in [0.1, 0.15) is 17.1 Å². The van der Waals surface area contributed by atoms with Crippen LogP contribution in [0.25, 0.3) is 0 Å². The predicted molar refractivity (Wildman–Crippen MR) is 100 cm³/mol. The molecule has 3 heterocycles. The van der Waals surface area contributed by atoms with Gasteiger partial charge in [0, 0.05) is 36.1 Å². The number of carbonyl (C=O) groups excluding carboxylic acids is 1. The molecule has 0 saturated carbocycles. The summed E-state index contributed by atoms with van der Waals surface area (Å²) < 4.78 is 0. The Bertz CT molecular complexity index is 869. The van der Waals surface area contributed by atoms with E-state index in [-0.39, 0.29) is 11.8 Å². The minimum atomic E-state index is -0.994. The number of nitriles is 1. The molecule has 7 nitrogen and oxygen atoms in total. The Hall–Kier alpha value is -2.53. The van der Waals surface area contributed by atoms with Crippen molar-refractivity contribution in [3.8, 4) is 6.07 Å². The first-order valence-corrected chi connectivity index (χ1v) is 9.36. The number of likely N-dealkylation sites (tertiary alicyclic amines) is 1. The van der Waals surface area contributed by atoms with E-state index in [9.17, 15) is 10.1 Å². The highest BCUT2D eigenvalue weighted by Crippen LogP contribution is 2.31. The molecule has 2 aromatic heterocycles. The van der Waals surface area contributed by atoms with Gasteiger partial charge < -0.3 is 10.2 Å². The van der Waals surface area contributed by atoms with Crippen LogP contribution in [0.2, 0.25) is 0 Å². The van der Waals surface area contributed by atoms with Gasteiger partial charge in [-0.25, -0.2) is 15.0 Å². The van der Waals surface area contributed by atoms with Crippen LogP contribution in [0.3, 0.4) is 0 Å². The number of aryl methyl sites for hydroxylation is 2. The van der Waals surface area contributed by atoms with E-state index in [0.717, 1.165) is 22.1 Å². The Kier molecular flexibility index (Phi) is 4.92. The Labute approximate surface area is 157 Å². The molecule has 26 heavy (non-hydrogen) atoms. The lowest BCUT2D eigenvalue weighted by Gasteiger charge is -2.23. The van der Waals surface area contributed by atoms with Gasteiger partial charge in [-0.15, -0.1) is 11.3 Å². The number of rotatable bonds is 4. The average Bonchev–Trinajstić information content (AvgIpc) is 3.23. The summed E-state index contributed by atoms with van der Waals surface area (Å²) in [4.78, 5) is 28.7. The second kappa shape index (κ2) is 7.00. The lowest BCUT2D eigenvalue weighted by Crippen LogP contribution is -2.38. The number of carbonyl (C=O) groups is 1. The summed E-state index contributed by atoms with van der Waals surface area (Å²) in [5.74, 6) is 1.42. The molecule has 3 rings (SSSR count). The zero-order valence-corrected chi connectivity index (χ0v) is 16.2. The molecule has 1 unspecified atom stereocenters. The molecule has 8 heteroatoms. The van der Waals surface area contributed by atoms with Gasteiger partial charge >= 0.3 is 0 Å². The van der Waals surface area contributed by atoms with Gasteiger partial charge in [-0.3, -0.25) is 4.79 Å². The monoisotopic (exact) mass is 370 g/mol. The number of nitrogens with zero attached hydrogens (tertiary/aromatic N) is 5. The molecule has 0 bridgehead atoms. The Morgan fingerprint density at radius 3 is 2.85 bits per heavy atom. The van der Waals surface area contributed by atoms with Crippen molar-refractivity contribution < 1.29 is 4.79 Å². The first-order valence-electron chi connectivity index (χ1n) is 8.54. The molecule has 2 aromatic rings. The van der Waals surface area contributed by atoms with E-state index in [1.165, 1.54) is 0 Å². The van der Waals surface area contributed by atoms with Crippen molar-refractivity contribution in [1.29, 1.82) is 5.26 Å². The van der Waals surface area contributed by atoms with Crippen LogP contribution in [0.1, 0.15) is 42.6 Å². The molecule has 1 atom stereocenters. The molecule has 1 saturated heterocycles. The molecule has 136 valence electrons. The van der Waals surface area contributed by atoms with Crippen molar-refractivity contribution in [2.45, 2.75) is 40.0 Å². The van der Waals surface area contributed by atoms with Gasteiger partial charge in [-0.05, 0) is 34.1 Å². The van der Waals surface area contributed by atoms with E-state index in [1.54, 1.807) is 30.1 Å². The molecule has 1 N–H and O–H groups in total. The standard InChI is InChI=1S/C18H22N6OS/c1-11-8-20-17(26-11)23-15-7-14(21-12(2)22-15)13-5-6-24(9-13)16(25)18(3,4)10-19/h7-8,13H,5-6,9H2,1-4H3,(H,20,21,22,23). The number of thiazole rings is 1.